The molecular weight excluding hydrogens is 518 g/mol. The van der Waals surface area contributed by atoms with Crippen LogP contribution in [0.5, 0.6) is 0 Å². The lowest BCUT2D eigenvalue weighted by molar-refractivity contribution is 0.167. The summed E-state index contributed by atoms with van der Waals surface area (Å²) in [6.07, 6.45) is 1.96. The molecule has 0 fully saturated rings. The second-order valence-electron chi connectivity index (χ2n) is 10.8. The van der Waals surface area contributed by atoms with Crippen molar-refractivity contribution < 1.29 is 5.11 Å². The summed E-state index contributed by atoms with van der Waals surface area (Å²) in [6.45, 7) is 4.85. The van der Waals surface area contributed by atoms with E-state index in [0.717, 1.165) is 23.5 Å². The van der Waals surface area contributed by atoms with Gasteiger partial charge in [0.1, 0.15) is 5.82 Å². The molecule has 2 aromatic carbocycles. The van der Waals surface area contributed by atoms with Crippen molar-refractivity contribution in [3.8, 4) is 0 Å². The van der Waals surface area contributed by atoms with Crippen molar-refractivity contribution in [1.82, 2.24) is 28.9 Å². The fourth-order valence-electron chi connectivity index (χ4n) is 5.03. The zero-order valence-corrected chi connectivity index (χ0v) is 24.4. The number of nitrogens with two attached hydrogens (primary N) is 1. The number of para-hydroxylation sites is 1. The van der Waals surface area contributed by atoms with Crippen molar-refractivity contribution >= 4 is 16.9 Å². The molecule has 1 unspecified atom stereocenters. The van der Waals surface area contributed by atoms with Gasteiger partial charge in [0.2, 0.25) is 0 Å². The van der Waals surface area contributed by atoms with Crippen LogP contribution in [0.15, 0.2) is 64.2 Å². The van der Waals surface area contributed by atoms with Gasteiger partial charge in [-0.25, -0.2) is 9.78 Å². The molecule has 0 spiro atoms. The van der Waals surface area contributed by atoms with E-state index in [1.165, 1.54) is 4.57 Å². The number of aliphatic hydroxyl groups excluding tert-OH is 1. The molecule has 0 aliphatic heterocycles. The predicted molar refractivity (Wildman–Crippen MR) is 164 cm³/mol. The lowest BCUT2D eigenvalue weighted by Gasteiger charge is -2.15. The van der Waals surface area contributed by atoms with Crippen LogP contribution in [0.25, 0.3) is 11.2 Å². The van der Waals surface area contributed by atoms with E-state index in [1.54, 1.807) is 4.57 Å². The van der Waals surface area contributed by atoms with Gasteiger partial charge in [-0.05, 0) is 57.1 Å². The molecule has 220 valence electrons. The molecule has 4 aromatic rings. The summed E-state index contributed by atoms with van der Waals surface area (Å²) in [5.41, 5.74) is 9.05. The maximum Gasteiger partial charge on any atom is 0.332 e. The Morgan fingerprint density at radius 3 is 2.41 bits per heavy atom. The van der Waals surface area contributed by atoms with Crippen molar-refractivity contribution in [3.63, 3.8) is 0 Å². The van der Waals surface area contributed by atoms with Crippen LogP contribution < -0.4 is 22.3 Å². The summed E-state index contributed by atoms with van der Waals surface area (Å²) < 4.78 is 4.95. The largest absolute Gasteiger partial charge is 0.399 e. The van der Waals surface area contributed by atoms with Gasteiger partial charge in [0.15, 0.2) is 11.2 Å². The summed E-state index contributed by atoms with van der Waals surface area (Å²) in [5.74, 6) is 0.722. The zero-order valence-electron chi connectivity index (χ0n) is 24.4. The number of rotatable bonds is 15. The van der Waals surface area contributed by atoms with E-state index in [1.807, 2.05) is 85.1 Å². The third kappa shape index (κ3) is 7.52. The van der Waals surface area contributed by atoms with E-state index < -0.39 is 6.10 Å². The molecule has 0 radical (unpaired) electrons. The van der Waals surface area contributed by atoms with Gasteiger partial charge in [0, 0.05) is 44.8 Å². The highest BCUT2D eigenvalue weighted by Crippen LogP contribution is 2.18. The first-order chi connectivity index (χ1) is 19.8. The summed E-state index contributed by atoms with van der Waals surface area (Å²) in [5, 5.41) is 13.3. The average Bonchev–Trinajstić information content (AvgIpc) is 3.31. The highest BCUT2D eigenvalue weighted by molar-refractivity contribution is 5.71. The SMILES string of the molecule is CCC(O)CNCCn1c(Cc2ccccc2)nc2c1c(=O)n(CCCN(C)C)c(=O)n2CCc1ccccc1N. The normalized spacial score (nSPS) is 12.4. The lowest BCUT2D eigenvalue weighted by Crippen LogP contribution is -2.41. The second-order valence-corrected chi connectivity index (χ2v) is 10.8. The molecule has 2 aromatic heterocycles. The van der Waals surface area contributed by atoms with Gasteiger partial charge < -0.3 is 25.6 Å². The van der Waals surface area contributed by atoms with Crippen LogP contribution in [0.1, 0.15) is 36.7 Å². The fourth-order valence-corrected chi connectivity index (χ4v) is 5.03. The molecule has 1 atom stereocenters. The van der Waals surface area contributed by atoms with Crippen molar-refractivity contribution in [1.29, 1.82) is 0 Å². The zero-order chi connectivity index (χ0) is 29.4. The molecule has 0 saturated carbocycles. The third-order valence-electron chi connectivity index (χ3n) is 7.41. The number of nitrogen functional groups attached to an aromatic ring is 1. The predicted octanol–water partition coefficient (Wildman–Crippen LogP) is 2.09. The van der Waals surface area contributed by atoms with E-state index in [2.05, 4.69) is 5.32 Å². The Morgan fingerprint density at radius 2 is 1.71 bits per heavy atom. The maximum atomic E-state index is 14.0. The summed E-state index contributed by atoms with van der Waals surface area (Å²) >= 11 is 0. The molecule has 41 heavy (non-hydrogen) atoms. The molecular formula is C31H43N7O3. The minimum absolute atomic E-state index is 0.319. The Morgan fingerprint density at radius 1 is 0.976 bits per heavy atom. The fraction of sp³-hybridized carbons (Fsp3) is 0.452. The minimum Gasteiger partial charge on any atom is -0.399 e. The van der Waals surface area contributed by atoms with Gasteiger partial charge in [-0.15, -0.1) is 0 Å². The van der Waals surface area contributed by atoms with Gasteiger partial charge in [-0.3, -0.25) is 13.9 Å². The molecule has 0 aliphatic rings. The lowest BCUT2D eigenvalue weighted by atomic mass is 10.1. The van der Waals surface area contributed by atoms with Crippen LogP contribution >= 0.6 is 0 Å². The van der Waals surface area contributed by atoms with E-state index in [9.17, 15) is 14.7 Å². The van der Waals surface area contributed by atoms with Gasteiger partial charge in [-0.1, -0.05) is 55.5 Å². The minimum atomic E-state index is -0.428. The second kappa shape index (κ2) is 14.2. The molecule has 2 heterocycles. The maximum absolute atomic E-state index is 14.0. The Bertz CT molecular complexity index is 1540. The standard InChI is InChI=1S/C31H43N7O3/c1-4-25(39)22-33-16-20-36-27(21-23-11-6-5-7-12-23)34-29-28(36)30(40)38(18-10-17-35(2)3)31(41)37(29)19-15-24-13-8-9-14-26(24)32/h5-9,11-14,25,33,39H,4,10,15-22,32H2,1-3H3. The topological polar surface area (TPSA) is 123 Å². The molecule has 10 nitrogen and oxygen atoms in total. The van der Waals surface area contributed by atoms with Crippen molar-refractivity contribution in [3.05, 3.63) is 92.4 Å². The Labute approximate surface area is 241 Å². The number of nitrogens with zero attached hydrogens (tertiary/aromatic N) is 5. The Hall–Kier alpha value is -3.73. The van der Waals surface area contributed by atoms with Crippen LogP contribution in [-0.2, 0) is 32.5 Å². The third-order valence-corrected chi connectivity index (χ3v) is 7.41. The number of nitrogens with one attached hydrogen (secondary N) is 1. The van der Waals surface area contributed by atoms with Gasteiger partial charge >= 0.3 is 5.69 Å². The quantitative estimate of drug-likeness (QED) is 0.150. The number of hydrogen-bond donors (Lipinski definition) is 3. The number of aromatic nitrogens is 4. The highest BCUT2D eigenvalue weighted by atomic mass is 16.3. The summed E-state index contributed by atoms with van der Waals surface area (Å²) in [6, 6.07) is 17.6. The molecule has 4 N–H and O–H groups in total. The van der Waals surface area contributed by atoms with Crippen molar-refractivity contribution in [2.75, 3.05) is 39.5 Å². The number of fused-ring (bicyclic) bond motifs is 1. The van der Waals surface area contributed by atoms with Crippen LogP contribution in [0.4, 0.5) is 5.69 Å². The van der Waals surface area contributed by atoms with E-state index in [-0.39, 0.29) is 11.2 Å². The molecule has 10 heteroatoms. The number of anilines is 1. The van der Waals surface area contributed by atoms with Crippen LogP contribution in [0.3, 0.4) is 0 Å². The molecule has 0 amide bonds. The summed E-state index contributed by atoms with van der Waals surface area (Å²) in [7, 11) is 3.95. The average molecular weight is 562 g/mol. The number of imidazole rings is 1. The van der Waals surface area contributed by atoms with Crippen molar-refractivity contribution in [2.24, 2.45) is 0 Å². The first-order valence-electron chi connectivity index (χ1n) is 14.4. The smallest absolute Gasteiger partial charge is 0.332 e. The van der Waals surface area contributed by atoms with Crippen LogP contribution in [0, 0.1) is 0 Å². The van der Waals surface area contributed by atoms with Crippen LogP contribution in [0.2, 0.25) is 0 Å². The molecule has 0 saturated heterocycles. The number of hydrogen-bond acceptors (Lipinski definition) is 7. The summed E-state index contributed by atoms with van der Waals surface area (Å²) in [4.78, 5) is 34.8. The highest BCUT2D eigenvalue weighted by Gasteiger charge is 2.22. The van der Waals surface area contributed by atoms with Gasteiger partial charge in [0.25, 0.3) is 5.56 Å². The molecule has 0 aliphatic carbocycles. The van der Waals surface area contributed by atoms with Gasteiger partial charge in [0.05, 0.1) is 6.10 Å². The number of aryl methyl sites for hydroxylation is 2. The first-order valence-corrected chi connectivity index (χ1v) is 14.4. The van der Waals surface area contributed by atoms with E-state index in [4.69, 9.17) is 10.7 Å². The van der Waals surface area contributed by atoms with E-state index >= 15 is 0 Å². The monoisotopic (exact) mass is 561 g/mol. The Balaban J connectivity index is 1.82. The first kappa shape index (κ1) is 30.2. The molecule has 4 rings (SSSR count). The number of aliphatic hydroxyl groups is 1. The van der Waals surface area contributed by atoms with Crippen LogP contribution in [-0.4, -0.2) is 68.5 Å². The number of benzene rings is 2. The van der Waals surface area contributed by atoms with Gasteiger partial charge in [-0.2, -0.15) is 0 Å². The van der Waals surface area contributed by atoms with Crippen molar-refractivity contribution in [2.45, 2.75) is 58.3 Å². The Kier molecular flexibility index (Phi) is 10.5. The molecule has 0 bridgehead atoms. The van der Waals surface area contributed by atoms with E-state index in [0.29, 0.717) is 75.3 Å².